The Morgan fingerprint density at radius 1 is 0.821 bits per heavy atom. The van der Waals surface area contributed by atoms with Crippen molar-refractivity contribution in [3.05, 3.63) is 89.5 Å². The quantitative estimate of drug-likeness (QED) is 0.364. The van der Waals surface area contributed by atoms with E-state index in [1.165, 1.54) is 56.1 Å². The normalized spacial score (nSPS) is 17.4. The van der Waals surface area contributed by atoms with Gasteiger partial charge in [-0.3, -0.25) is 0 Å². The number of hydrogen-bond acceptors (Lipinski definition) is 0. The first-order valence-electron chi connectivity index (χ1n) is 10.2. The molecule has 4 aromatic rings. The van der Waals surface area contributed by atoms with Gasteiger partial charge in [0.15, 0.2) is 0 Å². The summed E-state index contributed by atoms with van der Waals surface area (Å²) in [6, 6.07) is 22.2. The van der Waals surface area contributed by atoms with Crippen molar-refractivity contribution in [2.75, 3.05) is 0 Å². The number of benzene rings is 3. The number of hydrogen-bond donors (Lipinski definition) is 1. The molecule has 28 heavy (non-hydrogen) atoms. The van der Waals surface area contributed by atoms with Gasteiger partial charge < -0.3 is 4.98 Å². The minimum Gasteiger partial charge on any atom is -0.355 e. The Bertz CT molecular complexity index is 1310. The zero-order chi connectivity index (χ0) is 18.9. The maximum atomic E-state index is 3.67. The monoisotopic (exact) mass is 361 g/mol. The van der Waals surface area contributed by atoms with Crippen LogP contribution in [-0.4, -0.2) is 4.98 Å². The Labute approximate surface area is 165 Å². The zero-order valence-corrected chi connectivity index (χ0v) is 16.3. The van der Waals surface area contributed by atoms with Crippen molar-refractivity contribution in [1.29, 1.82) is 0 Å². The maximum Gasteiger partial charge on any atom is 0.0468 e. The van der Waals surface area contributed by atoms with Gasteiger partial charge in [0.25, 0.3) is 0 Å². The Kier molecular flexibility index (Phi) is 3.12. The van der Waals surface area contributed by atoms with Crippen LogP contribution in [0.5, 0.6) is 0 Å². The predicted molar refractivity (Wildman–Crippen MR) is 120 cm³/mol. The van der Waals surface area contributed by atoms with E-state index in [0.29, 0.717) is 0 Å². The molecule has 0 atom stereocenters. The highest BCUT2D eigenvalue weighted by Crippen LogP contribution is 2.51. The van der Waals surface area contributed by atoms with E-state index < -0.39 is 0 Å². The second-order valence-corrected chi connectivity index (χ2v) is 8.65. The van der Waals surface area contributed by atoms with Crippen LogP contribution in [0.15, 0.2) is 78.4 Å². The molecule has 1 heterocycles. The molecule has 0 radical (unpaired) electrons. The molecular weight excluding hydrogens is 338 g/mol. The number of fused-ring (bicyclic) bond motifs is 5. The minimum atomic E-state index is 0.121. The lowest BCUT2D eigenvalue weighted by molar-refractivity contribution is 0.608. The van der Waals surface area contributed by atoms with E-state index >= 15 is 0 Å². The summed E-state index contributed by atoms with van der Waals surface area (Å²) in [6.45, 7) is 4.77. The van der Waals surface area contributed by atoms with Crippen molar-refractivity contribution in [3.8, 4) is 11.1 Å². The summed E-state index contributed by atoms with van der Waals surface area (Å²) in [7, 11) is 0. The summed E-state index contributed by atoms with van der Waals surface area (Å²) in [4.78, 5) is 3.67. The van der Waals surface area contributed by atoms with E-state index in [0.717, 1.165) is 6.42 Å². The summed E-state index contributed by atoms with van der Waals surface area (Å²) in [5, 5.41) is 2.64. The third-order valence-corrected chi connectivity index (χ3v) is 6.73. The van der Waals surface area contributed by atoms with Crippen LogP contribution in [-0.2, 0) is 5.41 Å². The van der Waals surface area contributed by atoms with Gasteiger partial charge in [-0.2, -0.15) is 0 Å². The number of aromatic nitrogens is 1. The fraction of sp³-hybridized carbons (Fsp3) is 0.185. The molecule has 0 unspecified atom stereocenters. The summed E-state index contributed by atoms with van der Waals surface area (Å²) in [5.74, 6) is 0. The average molecular weight is 361 g/mol. The van der Waals surface area contributed by atoms with Gasteiger partial charge in [-0.1, -0.05) is 68.0 Å². The lowest BCUT2D eigenvalue weighted by Gasteiger charge is -2.25. The molecule has 2 aliphatic carbocycles. The summed E-state index contributed by atoms with van der Waals surface area (Å²) < 4.78 is 0. The van der Waals surface area contributed by atoms with E-state index in [1.54, 1.807) is 5.57 Å². The van der Waals surface area contributed by atoms with Crippen LogP contribution in [0.1, 0.15) is 37.8 Å². The molecule has 0 saturated carbocycles. The second-order valence-electron chi connectivity index (χ2n) is 8.65. The number of rotatable bonds is 1. The van der Waals surface area contributed by atoms with Gasteiger partial charge in [-0.25, -0.2) is 0 Å². The van der Waals surface area contributed by atoms with Crippen molar-refractivity contribution in [1.82, 2.24) is 4.98 Å². The second kappa shape index (κ2) is 5.48. The molecule has 1 aromatic heterocycles. The first kappa shape index (κ1) is 15.9. The molecule has 2 aliphatic rings. The first-order chi connectivity index (χ1) is 13.6. The van der Waals surface area contributed by atoms with E-state index in [-0.39, 0.29) is 5.41 Å². The predicted octanol–water partition coefficient (Wildman–Crippen LogP) is 7.38. The van der Waals surface area contributed by atoms with Crippen LogP contribution < -0.4 is 0 Å². The zero-order valence-electron chi connectivity index (χ0n) is 16.3. The Morgan fingerprint density at radius 3 is 2.50 bits per heavy atom. The van der Waals surface area contributed by atoms with Gasteiger partial charge in [-0.05, 0) is 64.9 Å². The fourth-order valence-corrected chi connectivity index (χ4v) is 5.23. The van der Waals surface area contributed by atoms with E-state index in [9.17, 15) is 0 Å². The fourth-order valence-electron chi connectivity index (χ4n) is 5.23. The van der Waals surface area contributed by atoms with Gasteiger partial charge in [0.1, 0.15) is 0 Å². The molecule has 0 bridgehead atoms. The van der Waals surface area contributed by atoms with E-state index in [4.69, 9.17) is 0 Å². The van der Waals surface area contributed by atoms with E-state index in [1.807, 2.05) is 0 Å². The Hall–Kier alpha value is -3.06. The van der Waals surface area contributed by atoms with Crippen LogP contribution in [0.25, 0.3) is 38.5 Å². The highest BCUT2D eigenvalue weighted by atomic mass is 14.7. The molecule has 3 aromatic carbocycles. The van der Waals surface area contributed by atoms with Gasteiger partial charge in [0.05, 0.1) is 0 Å². The largest absolute Gasteiger partial charge is 0.355 e. The van der Waals surface area contributed by atoms with Gasteiger partial charge in [0, 0.05) is 27.2 Å². The Morgan fingerprint density at radius 2 is 1.64 bits per heavy atom. The van der Waals surface area contributed by atoms with Gasteiger partial charge in [-0.15, -0.1) is 0 Å². The SMILES string of the molecule is CC1(C)C2=C(C=CCC2)c2cc3c(cc21)[nH]c1ccc(-c2ccccc2)cc13. The lowest BCUT2D eigenvalue weighted by atomic mass is 9.78. The van der Waals surface area contributed by atoms with Crippen LogP contribution in [0.2, 0.25) is 0 Å². The highest BCUT2D eigenvalue weighted by Gasteiger charge is 2.37. The molecule has 1 N–H and O–H groups in total. The van der Waals surface area contributed by atoms with Crippen molar-refractivity contribution in [2.45, 2.75) is 32.1 Å². The minimum absolute atomic E-state index is 0.121. The topological polar surface area (TPSA) is 15.8 Å². The molecule has 0 saturated heterocycles. The summed E-state index contributed by atoms with van der Waals surface area (Å²) in [5.41, 5.74) is 11.1. The maximum absolute atomic E-state index is 3.67. The molecule has 1 nitrogen and oxygen atoms in total. The third kappa shape index (κ3) is 2.08. The van der Waals surface area contributed by atoms with Crippen LogP contribution in [0.3, 0.4) is 0 Å². The number of allylic oxidation sites excluding steroid dienone is 4. The first-order valence-corrected chi connectivity index (χ1v) is 10.2. The lowest BCUT2D eigenvalue weighted by Crippen LogP contribution is -2.17. The third-order valence-electron chi connectivity index (χ3n) is 6.73. The van der Waals surface area contributed by atoms with E-state index in [2.05, 4.69) is 91.6 Å². The number of H-pyrrole nitrogens is 1. The van der Waals surface area contributed by atoms with Crippen molar-refractivity contribution >= 4 is 27.4 Å². The molecule has 0 aliphatic heterocycles. The highest BCUT2D eigenvalue weighted by molar-refractivity contribution is 6.10. The molecule has 0 spiro atoms. The summed E-state index contributed by atoms with van der Waals surface area (Å²) in [6.07, 6.45) is 7.03. The van der Waals surface area contributed by atoms with Crippen LogP contribution in [0.4, 0.5) is 0 Å². The van der Waals surface area contributed by atoms with Crippen molar-refractivity contribution in [3.63, 3.8) is 0 Å². The number of aromatic amines is 1. The molecule has 1 heteroatoms. The van der Waals surface area contributed by atoms with Crippen LogP contribution in [0, 0.1) is 0 Å². The summed E-state index contributed by atoms with van der Waals surface area (Å²) >= 11 is 0. The van der Waals surface area contributed by atoms with Crippen molar-refractivity contribution < 1.29 is 0 Å². The molecule has 0 fully saturated rings. The molecule has 0 amide bonds. The van der Waals surface area contributed by atoms with Gasteiger partial charge in [0.2, 0.25) is 0 Å². The Balaban J connectivity index is 1.63. The standard InChI is InChI=1S/C27H23N/c1-27(2)23-11-7-6-10-19(23)20-15-22-21-14-18(17-8-4-3-5-9-17)12-13-25(21)28-26(22)16-24(20)27/h3-6,8-10,12-16,28H,7,11H2,1-2H3. The van der Waals surface area contributed by atoms with Crippen LogP contribution >= 0.6 is 0 Å². The molecule has 136 valence electrons. The smallest absolute Gasteiger partial charge is 0.0468 e. The molecule has 6 rings (SSSR count). The van der Waals surface area contributed by atoms with Crippen molar-refractivity contribution in [2.24, 2.45) is 0 Å². The van der Waals surface area contributed by atoms with Gasteiger partial charge >= 0.3 is 0 Å². The molecular formula is C27H23N. The number of nitrogens with one attached hydrogen (secondary N) is 1. The average Bonchev–Trinajstić information content (AvgIpc) is 3.20.